The number of aliphatic imine (C=N–C) groups is 1. The number of nitrogens with one attached hydrogen (secondary N) is 2. The highest BCUT2D eigenvalue weighted by molar-refractivity contribution is 7.91. The van der Waals surface area contributed by atoms with Gasteiger partial charge in [0.2, 0.25) is 0 Å². The number of hydrogen-bond acceptors (Lipinski definition) is 4. The lowest BCUT2D eigenvalue weighted by molar-refractivity contribution is -0.137. The van der Waals surface area contributed by atoms with Crippen LogP contribution in [0.1, 0.15) is 30.4 Å². The summed E-state index contributed by atoms with van der Waals surface area (Å²) in [5.41, 5.74) is -0.583. The van der Waals surface area contributed by atoms with Gasteiger partial charge in [-0.05, 0) is 30.9 Å². The Morgan fingerprint density at radius 3 is 2.62 bits per heavy atom. The van der Waals surface area contributed by atoms with E-state index < -0.39 is 27.0 Å². The molecule has 1 atom stereocenters. The first-order chi connectivity index (χ1) is 13.6. The minimum absolute atomic E-state index is 0.0559. The zero-order valence-electron chi connectivity index (χ0n) is 16.3. The van der Waals surface area contributed by atoms with Gasteiger partial charge >= 0.3 is 6.18 Å². The Morgan fingerprint density at radius 2 is 2.03 bits per heavy atom. The van der Waals surface area contributed by atoms with Crippen LogP contribution in [0.15, 0.2) is 29.3 Å². The Bertz CT molecular complexity index is 850. The third-order valence-electron chi connectivity index (χ3n) is 5.64. The van der Waals surface area contributed by atoms with Gasteiger partial charge in [-0.25, -0.2) is 8.42 Å². The maximum Gasteiger partial charge on any atom is 0.416 e. The number of ether oxygens (including phenoxy) is 1. The molecular weight excluding hydrogens is 407 g/mol. The fraction of sp³-hybridized carbons (Fsp3) is 0.632. The number of hydrogen-bond donors (Lipinski definition) is 2. The van der Waals surface area contributed by atoms with Crippen LogP contribution in [0, 0.1) is 0 Å². The van der Waals surface area contributed by atoms with E-state index in [-0.39, 0.29) is 17.5 Å². The summed E-state index contributed by atoms with van der Waals surface area (Å²) in [6.45, 7) is 1.30. The Balaban J connectivity index is 1.75. The second-order valence-electron chi connectivity index (χ2n) is 7.64. The molecule has 2 N–H and O–H groups in total. The summed E-state index contributed by atoms with van der Waals surface area (Å²) < 4.78 is 68.4. The number of nitrogens with zero attached hydrogens (tertiary/aromatic N) is 1. The first kappa shape index (κ1) is 21.9. The minimum atomic E-state index is -4.40. The predicted octanol–water partition coefficient (Wildman–Crippen LogP) is 2.11. The molecule has 162 valence electrons. The third-order valence-corrected chi connectivity index (χ3v) is 7.41. The maximum atomic E-state index is 13.2. The van der Waals surface area contributed by atoms with Gasteiger partial charge in [0.05, 0.1) is 17.1 Å². The molecule has 0 bridgehead atoms. The molecule has 2 heterocycles. The Hall–Kier alpha value is -1.81. The summed E-state index contributed by atoms with van der Waals surface area (Å²) in [5.74, 6) is 0.651. The highest BCUT2D eigenvalue weighted by Gasteiger charge is 2.38. The van der Waals surface area contributed by atoms with Crippen molar-refractivity contribution in [1.82, 2.24) is 10.6 Å². The van der Waals surface area contributed by atoms with Crippen LogP contribution in [0.25, 0.3) is 0 Å². The molecule has 2 aliphatic rings. The largest absolute Gasteiger partial charge is 0.416 e. The summed E-state index contributed by atoms with van der Waals surface area (Å²) in [5, 5.41) is 6.31. The molecular formula is C19H26F3N3O3S. The van der Waals surface area contributed by atoms with Crippen molar-refractivity contribution in [3.8, 4) is 0 Å². The summed E-state index contributed by atoms with van der Waals surface area (Å²) in [4.78, 5) is 4.15. The van der Waals surface area contributed by atoms with Crippen LogP contribution in [0.4, 0.5) is 13.2 Å². The molecule has 2 saturated heterocycles. The molecule has 1 aromatic rings. The van der Waals surface area contributed by atoms with Gasteiger partial charge in [-0.2, -0.15) is 13.2 Å². The Kier molecular flexibility index (Phi) is 6.42. The quantitative estimate of drug-likeness (QED) is 0.562. The van der Waals surface area contributed by atoms with E-state index in [0.717, 1.165) is 6.07 Å². The molecule has 2 fully saturated rings. The van der Waals surface area contributed by atoms with Crippen molar-refractivity contribution in [2.24, 2.45) is 4.99 Å². The van der Waals surface area contributed by atoms with Crippen molar-refractivity contribution in [2.45, 2.75) is 36.9 Å². The molecule has 0 saturated carbocycles. The monoisotopic (exact) mass is 433 g/mol. The highest BCUT2D eigenvalue weighted by Crippen LogP contribution is 2.37. The predicted molar refractivity (Wildman–Crippen MR) is 105 cm³/mol. The average molecular weight is 433 g/mol. The topological polar surface area (TPSA) is 79.8 Å². The van der Waals surface area contributed by atoms with Crippen molar-refractivity contribution in [2.75, 3.05) is 38.3 Å². The van der Waals surface area contributed by atoms with Crippen LogP contribution in [0.3, 0.4) is 0 Å². The second-order valence-corrected chi connectivity index (χ2v) is 9.87. The van der Waals surface area contributed by atoms with Crippen molar-refractivity contribution in [3.63, 3.8) is 0 Å². The molecule has 0 spiro atoms. The summed E-state index contributed by atoms with van der Waals surface area (Å²) in [7, 11) is -1.44. The van der Waals surface area contributed by atoms with E-state index in [9.17, 15) is 21.6 Å². The molecule has 0 amide bonds. The van der Waals surface area contributed by atoms with Crippen molar-refractivity contribution in [1.29, 1.82) is 0 Å². The number of guanidine groups is 1. The second kappa shape index (κ2) is 8.51. The molecule has 10 heteroatoms. The van der Waals surface area contributed by atoms with Crippen LogP contribution >= 0.6 is 0 Å². The lowest BCUT2D eigenvalue weighted by atomic mass is 9.73. The summed E-state index contributed by atoms with van der Waals surface area (Å²) >= 11 is 0. The fourth-order valence-corrected chi connectivity index (χ4v) is 5.58. The SMILES string of the molecule is CN=C(NCC1(c2cccc(C(F)(F)F)c2)CCOCC1)NC1CCS(=O)(=O)C1. The Morgan fingerprint density at radius 1 is 1.31 bits per heavy atom. The molecule has 6 nitrogen and oxygen atoms in total. The number of benzene rings is 1. The number of rotatable bonds is 4. The molecule has 29 heavy (non-hydrogen) atoms. The van der Waals surface area contributed by atoms with Crippen molar-refractivity contribution >= 4 is 15.8 Å². The molecule has 0 radical (unpaired) electrons. The third kappa shape index (κ3) is 5.42. The van der Waals surface area contributed by atoms with Gasteiger partial charge in [0.15, 0.2) is 15.8 Å². The van der Waals surface area contributed by atoms with E-state index in [1.165, 1.54) is 12.1 Å². The molecule has 1 aromatic carbocycles. The van der Waals surface area contributed by atoms with Crippen LogP contribution in [-0.2, 0) is 26.2 Å². The maximum absolute atomic E-state index is 13.2. The van der Waals surface area contributed by atoms with Gasteiger partial charge in [0.1, 0.15) is 0 Å². The lowest BCUT2D eigenvalue weighted by Crippen LogP contribution is -2.50. The van der Waals surface area contributed by atoms with E-state index in [0.29, 0.717) is 50.5 Å². The van der Waals surface area contributed by atoms with Gasteiger partial charge in [-0.1, -0.05) is 18.2 Å². The van der Waals surface area contributed by atoms with Crippen LogP contribution in [-0.4, -0.2) is 58.7 Å². The van der Waals surface area contributed by atoms with Crippen LogP contribution in [0.5, 0.6) is 0 Å². The van der Waals surface area contributed by atoms with Crippen LogP contribution in [0.2, 0.25) is 0 Å². The van der Waals surface area contributed by atoms with Gasteiger partial charge in [-0.3, -0.25) is 4.99 Å². The molecule has 3 rings (SSSR count). The molecule has 1 unspecified atom stereocenters. The van der Waals surface area contributed by atoms with E-state index in [1.54, 1.807) is 13.1 Å². The lowest BCUT2D eigenvalue weighted by Gasteiger charge is -2.38. The van der Waals surface area contributed by atoms with E-state index in [1.807, 2.05) is 0 Å². The zero-order chi connectivity index (χ0) is 21.1. The normalized spacial score (nSPS) is 24.3. The standard InChI is InChI=1S/C19H26F3N3O3S/c1-23-17(25-16-5-10-29(26,27)12-16)24-13-18(6-8-28-9-7-18)14-3-2-4-15(11-14)19(20,21)22/h2-4,11,16H,5-10,12-13H2,1H3,(H2,23,24,25). The molecule has 0 aliphatic carbocycles. The zero-order valence-corrected chi connectivity index (χ0v) is 17.1. The summed E-state index contributed by atoms with van der Waals surface area (Å²) in [6, 6.07) is 5.23. The average Bonchev–Trinajstić information content (AvgIpc) is 3.03. The van der Waals surface area contributed by atoms with Gasteiger partial charge < -0.3 is 15.4 Å². The highest BCUT2D eigenvalue weighted by atomic mass is 32.2. The van der Waals surface area contributed by atoms with E-state index in [4.69, 9.17) is 4.74 Å². The smallest absolute Gasteiger partial charge is 0.381 e. The van der Waals surface area contributed by atoms with Crippen LogP contribution < -0.4 is 10.6 Å². The number of halogens is 3. The van der Waals surface area contributed by atoms with Gasteiger partial charge in [-0.15, -0.1) is 0 Å². The number of alkyl halides is 3. The van der Waals surface area contributed by atoms with Gasteiger partial charge in [0.25, 0.3) is 0 Å². The van der Waals surface area contributed by atoms with E-state index >= 15 is 0 Å². The molecule has 0 aromatic heterocycles. The minimum Gasteiger partial charge on any atom is -0.381 e. The molecule has 2 aliphatic heterocycles. The van der Waals surface area contributed by atoms with Gasteiger partial charge in [0, 0.05) is 38.3 Å². The fourth-order valence-electron chi connectivity index (χ4n) is 3.90. The van der Waals surface area contributed by atoms with Crippen molar-refractivity contribution < 1.29 is 26.3 Å². The van der Waals surface area contributed by atoms with E-state index in [2.05, 4.69) is 15.6 Å². The Labute approximate surface area is 168 Å². The van der Waals surface area contributed by atoms with Crippen molar-refractivity contribution in [3.05, 3.63) is 35.4 Å². The first-order valence-corrected chi connectivity index (χ1v) is 11.4. The first-order valence-electron chi connectivity index (χ1n) is 9.57. The number of sulfone groups is 1. The summed E-state index contributed by atoms with van der Waals surface area (Å²) in [6.07, 6.45) is -2.73.